The van der Waals surface area contributed by atoms with Crippen molar-refractivity contribution < 1.29 is 28.5 Å². The molecule has 0 amide bonds. The van der Waals surface area contributed by atoms with Crippen molar-refractivity contribution >= 4 is 27.5 Å². The van der Waals surface area contributed by atoms with Crippen LogP contribution >= 0.6 is 15.9 Å². The first kappa shape index (κ1) is 28.3. The second-order valence-corrected chi connectivity index (χ2v) is 11.6. The van der Waals surface area contributed by atoms with Crippen molar-refractivity contribution in [3.63, 3.8) is 0 Å². The number of carbonyl (C=O) groups is 2. The Morgan fingerprint density at radius 3 is 2.05 bits per heavy atom. The molecule has 6 nitrogen and oxygen atoms in total. The molecule has 3 aromatic carbocycles. The van der Waals surface area contributed by atoms with Crippen LogP contribution in [0.1, 0.15) is 68.1 Å². The molecule has 0 unspecified atom stereocenters. The number of halogens is 1. The Labute approximate surface area is 254 Å². The lowest BCUT2D eigenvalue weighted by atomic mass is 9.73. The summed E-state index contributed by atoms with van der Waals surface area (Å²) in [4.78, 5) is 26.6. The quantitative estimate of drug-likeness (QED) is 0.238. The van der Waals surface area contributed by atoms with E-state index in [9.17, 15) is 9.59 Å². The Morgan fingerprint density at radius 2 is 1.36 bits per heavy atom. The highest BCUT2D eigenvalue weighted by Crippen LogP contribution is 2.50. The largest absolute Gasteiger partial charge is 0.490 e. The summed E-state index contributed by atoms with van der Waals surface area (Å²) in [6.07, 6.45) is 3.83. The maximum atomic E-state index is 13.3. The van der Waals surface area contributed by atoms with Crippen LogP contribution in [0.25, 0.3) is 0 Å². The number of carbonyl (C=O) groups excluding carboxylic acids is 2. The molecule has 0 radical (unpaired) electrons. The maximum Gasteiger partial charge on any atom is 0.163 e. The highest BCUT2D eigenvalue weighted by molar-refractivity contribution is 9.10. The van der Waals surface area contributed by atoms with Crippen LogP contribution in [0.5, 0.6) is 17.2 Å². The first-order valence-corrected chi connectivity index (χ1v) is 15.4. The average molecular weight is 630 g/mol. The molecule has 7 heteroatoms. The van der Waals surface area contributed by atoms with Crippen molar-refractivity contribution in [3.05, 3.63) is 111 Å². The van der Waals surface area contributed by atoms with Gasteiger partial charge in [0.2, 0.25) is 0 Å². The fourth-order valence-electron chi connectivity index (χ4n) is 5.93. The Kier molecular flexibility index (Phi) is 8.47. The van der Waals surface area contributed by atoms with Gasteiger partial charge in [-0.05, 0) is 61.2 Å². The molecule has 216 valence electrons. The fraction of sp³-hybridized carbons (Fsp3) is 0.314. The number of ketones is 2. The molecule has 2 aliphatic carbocycles. The molecular weight excluding hydrogens is 596 g/mol. The molecule has 0 bridgehead atoms. The molecular formula is C35H33BrO6. The molecule has 0 atom stereocenters. The van der Waals surface area contributed by atoms with Gasteiger partial charge in [-0.1, -0.05) is 52.3 Å². The zero-order valence-corrected chi connectivity index (χ0v) is 25.2. The van der Waals surface area contributed by atoms with E-state index in [0.29, 0.717) is 78.8 Å². The van der Waals surface area contributed by atoms with Crippen molar-refractivity contribution in [1.29, 1.82) is 0 Å². The molecule has 0 saturated carbocycles. The van der Waals surface area contributed by atoms with Gasteiger partial charge in [0.05, 0.1) is 12.5 Å². The minimum atomic E-state index is -0.496. The molecule has 0 spiro atoms. The van der Waals surface area contributed by atoms with Crippen LogP contribution in [-0.4, -0.2) is 18.2 Å². The third-order valence-electron chi connectivity index (χ3n) is 7.86. The van der Waals surface area contributed by atoms with Gasteiger partial charge < -0.3 is 18.9 Å². The van der Waals surface area contributed by atoms with Gasteiger partial charge >= 0.3 is 0 Å². The Balaban J connectivity index is 1.29. The standard InChI is InChI=1S/C35H33BrO6/c1-2-39-32-18-23(14-16-29(32)41-20-22-8-4-3-5-9-22)21-40-28-17-15-24(36)19-25(28)33-34-26(37)10-6-12-30(34)42-31-13-7-11-27(38)35(31)33/h3-5,8-9,14-19,33H,2,6-7,10-13,20-21H2,1H3. The first-order valence-electron chi connectivity index (χ1n) is 14.6. The highest BCUT2D eigenvalue weighted by atomic mass is 79.9. The lowest BCUT2D eigenvalue weighted by Crippen LogP contribution is -2.30. The summed E-state index contributed by atoms with van der Waals surface area (Å²) in [5.74, 6) is 2.97. The second kappa shape index (κ2) is 12.6. The summed E-state index contributed by atoms with van der Waals surface area (Å²) < 4.78 is 25.5. The van der Waals surface area contributed by atoms with Crippen LogP contribution in [0.3, 0.4) is 0 Å². The van der Waals surface area contributed by atoms with Crippen molar-refractivity contribution in [3.8, 4) is 17.2 Å². The molecule has 0 N–H and O–H groups in total. The molecule has 3 aliphatic rings. The Bertz CT molecular complexity index is 1530. The first-order chi connectivity index (χ1) is 20.5. The van der Waals surface area contributed by atoms with Crippen molar-refractivity contribution in [1.82, 2.24) is 0 Å². The van der Waals surface area contributed by atoms with E-state index in [1.54, 1.807) is 0 Å². The molecule has 0 saturated heterocycles. The van der Waals surface area contributed by atoms with Crippen LogP contribution in [-0.2, 0) is 27.5 Å². The molecule has 42 heavy (non-hydrogen) atoms. The molecule has 0 aromatic heterocycles. The fourth-order valence-corrected chi connectivity index (χ4v) is 6.31. The topological polar surface area (TPSA) is 71.1 Å². The van der Waals surface area contributed by atoms with E-state index in [-0.39, 0.29) is 18.2 Å². The van der Waals surface area contributed by atoms with Crippen molar-refractivity contribution in [2.75, 3.05) is 6.61 Å². The minimum Gasteiger partial charge on any atom is -0.490 e. The van der Waals surface area contributed by atoms with Crippen LogP contribution in [0.2, 0.25) is 0 Å². The summed E-state index contributed by atoms with van der Waals surface area (Å²) in [6.45, 7) is 3.16. The Hall–Kier alpha value is -3.84. The van der Waals surface area contributed by atoms with Crippen LogP contribution < -0.4 is 14.2 Å². The lowest BCUT2D eigenvalue weighted by Gasteiger charge is -2.36. The number of hydrogen-bond donors (Lipinski definition) is 0. The Morgan fingerprint density at radius 1 is 0.714 bits per heavy atom. The van der Waals surface area contributed by atoms with Gasteiger partial charge in [0.15, 0.2) is 23.1 Å². The summed E-state index contributed by atoms with van der Waals surface area (Å²) in [5, 5.41) is 0. The van der Waals surface area contributed by atoms with E-state index in [1.165, 1.54) is 0 Å². The van der Waals surface area contributed by atoms with E-state index >= 15 is 0 Å². The smallest absolute Gasteiger partial charge is 0.163 e. The van der Waals surface area contributed by atoms with Crippen LogP contribution in [0.4, 0.5) is 0 Å². The SMILES string of the molecule is CCOc1cc(COc2ccc(Br)cc2C2C3=C(CCCC3=O)OC3=C2C(=O)CCC3)ccc1OCc1ccccc1. The normalized spacial score (nSPS) is 17.0. The molecule has 6 rings (SSSR count). The summed E-state index contributed by atoms with van der Waals surface area (Å²) in [7, 11) is 0. The number of allylic oxidation sites excluding steroid dienone is 4. The number of benzene rings is 3. The van der Waals surface area contributed by atoms with Crippen molar-refractivity contribution in [2.24, 2.45) is 0 Å². The summed E-state index contributed by atoms with van der Waals surface area (Å²) in [6, 6.07) is 21.6. The highest BCUT2D eigenvalue weighted by Gasteiger charge is 2.42. The number of Topliss-reactive ketones (excluding diaryl/α,β-unsaturated/α-hetero) is 2. The summed E-state index contributed by atoms with van der Waals surface area (Å²) >= 11 is 3.61. The van der Waals surface area contributed by atoms with E-state index in [1.807, 2.05) is 73.7 Å². The third-order valence-corrected chi connectivity index (χ3v) is 8.36. The summed E-state index contributed by atoms with van der Waals surface area (Å²) in [5.41, 5.74) is 4.00. The third kappa shape index (κ3) is 5.88. The van der Waals surface area contributed by atoms with Gasteiger partial charge in [-0.3, -0.25) is 9.59 Å². The van der Waals surface area contributed by atoms with Crippen molar-refractivity contribution in [2.45, 2.75) is 64.6 Å². The van der Waals surface area contributed by atoms with E-state index in [0.717, 1.165) is 34.0 Å². The van der Waals surface area contributed by atoms with Crippen LogP contribution in [0.15, 0.2) is 93.9 Å². The second-order valence-electron chi connectivity index (χ2n) is 10.7. The molecule has 1 heterocycles. The van der Waals surface area contributed by atoms with Crippen LogP contribution in [0, 0.1) is 0 Å². The lowest BCUT2D eigenvalue weighted by molar-refractivity contribution is -0.117. The van der Waals surface area contributed by atoms with Gasteiger partial charge in [0, 0.05) is 46.9 Å². The average Bonchev–Trinajstić information content (AvgIpc) is 3.00. The van der Waals surface area contributed by atoms with Gasteiger partial charge in [-0.15, -0.1) is 0 Å². The minimum absolute atomic E-state index is 0.0459. The van der Waals surface area contributed by atoms with E-state index in [4.69, 9.17) is 18.9 Å². The molecule has 1 aliphatic heterocycles. The molecule has 0 fully saturated rings. The monoisotopic (exact) mass is 628 g/mol. The van der Waals surface area contributed by atoms with Gasteiger partial charge in [-0.2, -0.15) is 0 Å². The maximum absolute atomic E-state index is 13.3. The zero-order chi connectivity index (χ0) is 29.1. The van der Waals surface area contributed by atoms with E-state index < -0.39 is 5.92 Å². The number of ether oxygens (including phenoxy) is 4. The predicted molar refractivity (Wildman–Crippen MR) is 162 cm³/mol. The number of hydrogen-bond acceptors (Lipinski definition) is 6. The zero-order valence-electron chi connectivity index (χ0n) is 23.6. The van der Waals surface area contributed by atoms with E-state index in [2.05, 4.69) is 15.9 Å². The van der Waals surface area contributed by atoms with Gasteiger partial charge in [0.25, 0.3) is 0 Å². The number of rotatable bonds is 9. The molecule has 3 aromatic rings. The van der Waals surface area contributed by atoms with Gasteiger partial charge in [0.1, 0.15) is 30.5 Å². The predicted octanol–water partition coefficient (Wildman–Crippen LogP) is 8.13. The van der Waals surface area contributed by atoms with Gasteiger partial charge in [-0.25, -0.2) is 0 Å².